The number of hydrogen-bond donors (Lipinski definition) is 3. The molecule has 182 valence electrons. The van der Waals surface area contributed by atoms with Crippen LogP contribution in [0.15, 0.2) is 42.5 Å². The second-order valence-corrected chi connectivity index (χ2v) is 10.2. The first kappa shape index (κ1) is 24.4. The Morgan fingerprint density at radius 3 is 2.44 bits per heavy atom. The van der Waals surface area contributed by atoms with Crippen molar-refractivity contribution in [3.05, 3.63) is 70.7 Å². The lowest BCUT2D eigenvalue weighted by Gasteiger charge is -2.35. The number of amides is 1. The summed E-state index contributed by atoms with van der Waals surface area (Å²) in [4.78, 5) is 13.9. The summed E-state index contributed by atoms with van der Waals surface area (Å²) < 4.78 is 16.5. The maximum atomic E-state index is 14.2. The van der Waals surface area contributed by atoms with Crippen LogP contribution in [-0.2, 0) is 13.0 Å². The fourth-order valence-electron chi connectivity index (χ4n) is 5.16. The number of piperidine rings is 1. The summed E-state index contributed by atoms with van der Waals surface area (Å²) in [5.41, 5.74) is 5.63. The number of fused-ring (bicyclic) bond motifs is 1. The van der Waals surface area contributed by atoms with E-state index in [-0.39, 0.29) is 5.82 Å². The topological polar surface area (TPSA) is 77.7 Å². The van der Waals surface area contributed by atoms with E-state index in [0.29, 0.717) is 24.4 Å². The minimum absolute atomic E-state index is 0.249. The van der Waals surface area contributed by atoms with Gasteiger partial charge >= 0.3 is 0 Å². The highest BCUT2D eigenvalue weighted by molar-refractivity contribution is 5.93. The molecule has 3 aromatic rings. The average molecular weight is 468 g/mol. The summed E-state index contributed by atoms with van der Waals surface area (Å²) >= 11 is 0. The van der Waals surface area contributed by atoms with Gasteiger partial charge in [-0.25, -0.2) is 9.87 Å². The number of carbonyl (C=O) groups excluding carboxylic acids is 1. The van der Waals surface area contributed by atoms with Crippen molar-refractivity contribution in [1.82, 2.24) is 14.9 Å². The normalized spacial score (nSPS) is 15.7. The predicted octanol–water partition coefficient (Wildman–Crippen LogP) is 4.28. The van der Waals surface area contributed by atoms with Gasteiger partial charge in [-0.3, -0.25) is 10.0 Å². The first-order valence-electron chi connectivity index (χ1n) is 11.9. The maximum Gasteiger partial charge on any atom is 0.274 e. The zero-order valence-electron chi connectivity index (χ0n) is 20.1. The number of aliphatic hydroxyl groups is 1. The number of β-amino-alcohol motifs (C(OH)–C–C–N with tert-alkyl or cyclic N) is 1. The first-order valence-corrected chi connectivity index (χ1v) is 11.9. The van der Waals surface area contributed by atoms with E-state index in [4.69, 9.17) is 5.21 Å². The molecule has 0 bridgehead atoms. The molecule has 1 aliphatic rings. The first-order chi connectivity index (χ1) is 16.1. The zero-order chi connectivity index (χ0) is 24.5. The van der Waals surface area contributed by atoms with E-state index >= 15 is 0 Å². The summed E-state index contributed by atoms with van der Waals surface area (Å²) in [5.74, 6) is -0.266. The zero-order valence-corrected chi connectivity index (χ0v) is 20.1. The van der Waals surface area contributed by atoms with Gasteiger partial charge in [-0.05, 0) is 100 Å². The third-order valence-electron chi connectivity index (χ3n) is 6.87. The molecule has 1 amide bonds. The Hall–Kier alpha value is -2.74. The van der Waals surface area contributed by atoms with Crippen molar-refractivity contribution in [3.63, 3.8) is 0 Å². The van der Waals surface area contributed by atoms with Crippen molar-refractivity contribution in [2.75, 3.05) is 19.6 Å². The van der Waals surface area contributed by atoms with Gasteiger partial charge in [-0.15, -0.1) is 0 Å². The Labute approximate surface area is 200 Å². The molecule has 1 saturated heterocycles. The lowest BCUT2D eigenvalue weighted by Crippen LogP contribution is -2.43. The van der Waals surface area contributed by atoms with Gasteiger partial charge in [0, 0.05) is 35.2 Å². The molecule has 3 N–H and O–H groups in total. The van der Waals surface area contributed by atoms with Crippen molar-refractivity contribution in [1.29, 1.82) is 0 Å². The van der Waals surface area contributed by atoms with Crippen molar-refractivity contribution < 1.29 is 19.5 Å². The van der Waals surface area contributed by atoms with Crippen molar-refractivity contribution in [3.8, 4) is 0 Å². The van der Waals surface area contributed by atoms with E-state index in [9.17, 15) is 14.3 Å². The van der Waals surface area contributed by atoms with Gasteiger partial charge < -0.3 is 14.6 Å². The van der Waals surface area contributed by atoms with E-state index in [2.05, 4.69) is 16.4 Å². The number of nitrogens with one attached hydrogen (secondary N) is 1. The molecule has 0 unspecified atom stereocenters. The van der Waals surface area contributed by atoms with E-state index in [1.807, 2.05) is 32.0 Å². The van der Waals surface area contributed by atoms with Crippen LogP contribution in [0.25, 0.3) is 10.9 Å². The molecule has 4 rings (SSSR count). The number of hydroxylamine groups is 1. The SMILES string of the molecule is Cc1c(Cc2ccc(C(=O)NO)cc2)c2cc(F)ccc2n1CC1CCN(CC(C)(C)O)CC1. The van der Waals surface area contributed by atoms with Crippen LogP contribution in [0.2, 0.25) is 0 Å². The fourth-order valence-corrected chi connectivity index (χ4v) is 5.16. The molecule has 2 heterocycles. The van der Waals surface area contributed by atoms with Crippen LogP contribution in [0.5, 0.6) is 0 Å². The number of hydrogen-bond acceptors (Lipinski definition) is 4. The molecule has 34 heavy (non-hydrogen) atoms. The number of nitrogens with zero attached hydrogens (tertiary/aromatic N) is 2. The molecule has 0 spiro atoms. The molecule has 7 heteroatoms. The number of carbonyl (C=O) groups is 1. The quantitative estimate of drug-likeness (QED) is 0.358. The van der Waals surface area contributed by atoms with Gasteiger partial charge in [0.2, 0.25) is 0 Å². The van der Waals surface area contributed by atoms with Gasteiger partial charge in [0.25, 0.3) is 5.91 Å². The summed E-state index contributed by atoms with van der Waals surface area (Å²) in [6.07, 6.45) is 2.77. The molecule has 2 aromatic carbocycles. The molecule has 0 atom stereocenters. The van der Waals surface area contributed by atoms with Gasteiger partial charge in [0.05, 0.1) is 5.60 Å². The largest absolute Gasteiger partial charge is 0.389 e. The Kier molecular flexibility index (Phi) is 7.07. The van der Waals surface area contributed by atoms with Crippen LogP contribution in [0, 0.1) is 18.7 Å². The number of rotatable bonds is 7. The molecule has 0 aliphatic carbocycles. The minimum Gasteiger partial charge on any atom is -0.389 e. The number of likely N-dealkylation sites (tertiary alicyclic amines) is 1. The third kappa shape index (κ3) is 5.49. The number of benzene rings is 2. The molecule has 6 nitrogen and oxygen atoms in total. The molecular weight excluding hydrogens is 433 g/mol. The Morgan fingerprint density at radius 2 is 1.82 bits per heavy atom. The Balaban J connectivity index is 1.56. The van der Waals surface area contributed by atoms with Gasteiger partial charge in [-0.1, -0.05) is 12.1 Å². The molecule has 1 aromatic heterocycles. The van der Waals surface area contributed by atoms with E-state index < -0.39 is 11.5 Å². The summed E-state index contributed by atoms with van der Waals surface area (Å²) in [6.45, 7) is 9.33. The second kappa shape index (κ2) is 9.86. The van der Waals surface area contributed by atoms with E-state index in [0.717, 1.165) is 60.2 Å². The van der Waals surface area contributed by atoms with Crippen molar-refractivity contribution >= 4 is 16.8 Å². The van der Waals surface area contributed by atoms with Crippen LogP contribution >= 0.6 is 0 Å². The number of aromatic nitrogens is 1. The van der Waals surface area contributed by atoms with E-state index in [1.54, 1.807) is 23.7 Å². The summed E-state index contributed by atoms with van der Waals surface area (Å²) in [7, 11) is 0. The van der Waals surface area contributed by atoms with Crippen molar-refractivity contribution in [2.45, 2.75) is 52.2 Å². The Bertz CT molecular complexity index is 1160. The summed E-state index contributed by atoms with van der Waals surface area (Å²) in [6, 6.07) is 12.1. The van der Waals surface area contributed by atoms with Crippen LogP contribution in [0.3, 0.4) is 0 Å². The standard InChI is InChI=1S/C27H34FN3O3/c1-18-23(14-19-4-6-21(7-5-19)26(32)29-34)24-15-22(28)8-9-25(24)31(18)16-20-10-12-30(13-11-20)17-27(2,3)33/h4-9,15,20,33-34H,10-14,16-17H2,1-3H3,(H,29,32). The molecule has 0 radical (unpaired) electrons. The van der Waals surface area contributed by atoms with Crippen molar-refractivity contribution in [2.24, 2.45) is 5.92 Å². The van der Waals surface area contributed by atoms with E-state index in [1.165, 1.54) is 6.07 Å². The smallest absolute Gasteiger partial charge is 0.274 e. The van der Waals surface area contributed by atoms with Gasteiger partial charge in [0.1, 0.15) is 5.82 Å². The highest BCUT2D eigenvalue weighted by Gasteiger charge is 2.25. The minimum atomic E-state index is -0.681. The maximum absolute atomic E-state index is 14.2. The second-order valence-electron chi connectivity index (χ2n) is 10.2. The number of halogens is 1. The summed E-state index contributed by atoms with van der Waals surface area (Å²) in [5, 5.41) is 19.9. The van der Waals surface area contributed by atoms with Crippen LogP contribution in [-0.4, -0.2) is 50.9 Å². The lowest BCUT2D eigenvalue weighted by atomic mass is 9.95. The fraction of sp³-hybridized carbons (Fsp3) is 0.444. The molecule has 1 fully saturated rings. The van der Waals surface area contributed by atoms with Gasteiger partial charge in [0.15, 0.2) is 0 Å². The Morgan fingerprint density at radius 1 is 1.15 bits per heavy atom. The highest BCUT2D eigenvalue weighted by Crippen LogP contribution is 2.31. The van der Waals surface area contributed by atoms with Crippen LogP contribution in [0.1, 0.15) is 53.9 Å². The van der Waals surface area contributed by atoms with Crippen LogP contribution in [0.4, 0.5) is 4.39 Å². The lowest BCUT2D eigenvalue weighted by molar-refractivity contribution is 0.0234. The van der Waals surface area contributed by atoms with Gasteiger partial charge in [-0.2, -0.15) is 0 Å². The molecular formula is C27H34FN3O3. The highest BCUT2D eigenvalue weighted by atomic mass is 19.1. The predicted molar refractivity (Wildman–Crippen MR) is 131 cm³/mol. The molecule has 1 aliphatic heterocycles. The van der Waals surface area contributed by atoms with Crippen LogP contribution < -0.4 is 5.48 Å². The third-order valence-corrected chi connectivity index (χ3v) is 6.87. The molecule has 0 saturated carbocycles. The average Bonchev–Trinajstić information content (AvgIpc) is 3.04. The monoisotopic (exact) mass is 467 g/mol.